The summed E-state index contributed by atoms with van der Waals surface area (Å²) in [4.78, 5) is 3.43. The van der Waals surface area contributed by atoms with Gasteiger partial charge in [0.05, 0.1) is 6.10 Å². The Morgan fingerprint density at radius 2 is 1.84 bits per heavy atom. The molecular formula is C24H27N3O3S2. The lowest BCUT2D eigenvalue weighted by Crippen LogP contribution is -2.32. The average molecular weight is 470 g/mol. The van der Waals surface area contributed by atoms with Crippen molar-refractivity contribution in [1.29, 1.82) is 5.26 Å². The topological polar surface area (TPSA) is 93.4 Å². The summed E-state index contributed by atoms with van der Waals surface area (Å²) in [5.74, 6) is 0. The molecule has 0 saturated carbocycles. The quantitative estimate of drug-likeness (QED) is 0.471. The van der Waals surface area contributed by atoms with E-state index in [1.165, 1.54) is 11.3 Å². The van der Waals surface area contributed by atoms with Gasteiger partial charge in [0.25, 0.3) is 10.0 Å². The molecule has 2 aromatic carbocycles. The Kier molecular flexibility index (Phi) is 7.36. The number of benzene rings is 2. The molecule has 6 nitrogen and oxygen atoms in total. The number of nitrogens with one attached hydrogen (secondary N) is 1. The van der Waals surface area contributed by atoms with Gasteiger partial charge in [-0.15, -0.1) is 11.3 Å². The molecule has 3 rings (SSSR count). The molecule has 0 saturated heterocycles. The maximum atomic E-state index is 12.6. The van der Waals surface area contributed by atoms with Crippen LogP contribution < -0.4 is 9.62 Å². The van der Waals surface area contributed by atoms with Gasteiger partial charge in [0.15, 0.2) is 4.91 Å². The fraction of sp³-hybridized carbons (Fsp3) is 0.292. The van der Waals surface area contributed by atoms with Crippen molar-refractivity contribution in [2.24, 2.45) is 0 Å². The number of hydrogen-bond acceptors (Lipinski definition) is 6. The monoisotopic (exact) mass is 469 g/mol. The number of thiophene rings is 1. The highest BCUT2D eigenvalue weighted by Crippen LogP contribution is 2.35. The van der Waals surface area contributed by atoms with Gasteiger partial charge in [0, 0.05) is 36.1 Å². The van der Waals surface area contributed by atoms with Crippen molar-refractivity contribution in [3.63, 3.8) is 0 Å². The Balaban J connectivity index is 1.92. The van der Waals surface area contributed by atoms with Crippen LogP contribution in [0.4, 0.5) is 5.69 Å². The number of fused-ring (bicyclic) bond motifs is 1. The van der Waals surface area contributed by atoms with E-state index in [1.807, 2.05) is 38.4 Å². The van der Waals surface area contributed by atoms with Gasteiger partial charge in [0.1, 0.15) is 6.07 Å². The maximum absolute atomic E-state index is 12.6. The van der Waals surface area contributed by atoms with Gasteiger partial charge in [-0.05, 0) is 65.6 Å². The minimum absolute atomic E-state index is 0.125. The molecule has 1 aromatic heterocycles. The van der Waals surface area contributed by atoms with E-state index in [0.29, 0.717) is 16.9 Å². The molecule has 0 amide bonds. The summed E-state index contributed by atoms with van der Waals surface area (Å²) in [5.41, 5.74) is 2.55. The van der Waals surface area contributed by atoms with Gasteiger partial charge >= 0.3 is 0 Å². The number of allylic oxidation sites excluding steroid dienone is 2. The molecular weight excluding hydrogens is 442 g/mol. The van der Waals surface area contributed by atoms with Crippen molar-refractivity contribution < 1.29 is 13.5 Å². The molecule has 0 aliphatic rings. The second-order valence-electron chi connectivity index (χ2n) is 7.78. The van der Waals surface area contributed by atoms with Crippen LogP contribution in [-0.2, 0) is 10.0 Å². The third-order valence-corrected chi connectivity index (χ3v) is 8.03. The van der Waals surface area contributed by atoms with Crippen LogP contribution in [0.5, 0.6) is 0 Å². The lowest BCUT2D eigenvalue weighted by molar-refractivity contribution is 0.174. The summed E-state index contributed by atoms with van der Waals surface area (Å²) in [6.45, 7) is 3.26. The van der Waals surface area contributed by atoms with E-state index < -0.39 is 16.1 Å². The number of sulfonamides is 1. The van der Waals surface area contributed by atoms with Crippen molar-refractivity contribution in [2.45, 2.75) is 26.4 Å². The first-order valence-corrected chi connectivity index (χ1v) is 12.6. The first-order chi connectivity index (χ1) is 15.2. The predicted octanol–water partition coefficient (Wildman–Crippen LogP) is 4.58. The number of anilines is 1. The first-order valence-electron chi connectivity index (χ1n) is 10.3. The molecule has 1 unspecified atom stereocenters. The molecule has 0 radical (unpaired) electrons. The van der Waals surface area contributed by atoms with Gasteiger partial charge in [-0.1, -0.05) is 25.1 Å². The van der Waals surface area contributed by atoms with Crippen LogP contribution in [0.3, 0.4) is 0 Å². The fourth-order valence-electron chi connectivity index (χ4n) is 3.24. The molecule has 1 heterocycles. The molecule has 32 heavy (non-hydrogen) atoms. The van der Waals surface area contributed by atoms with E-state index in [-0.39, 0.29) is 11.4 Å². The van der Waals surface area contributed by atoms with Crippen molar-refractivity contribution in [3.05, 3.63) is 58.3 Å². The molecule has 8 heteroatoms. The van der Waals surface area contributed by atoms with Gasteiger partial charge in [-0.3, -0.25) is 0 Å². The zero-order chi connectivity index (χ0) is 23.5. The summed E-state index contributed by atoms with van der Waals surface area (Å²) in [6, 6.07) is 18.1. The Hall–Kier alpha value is -2.70. The minimum Gasteiger partial charge on any atom is -0.392 e. The van der Waals surface area contributed by atoms with Gasteiger partial charge in [-0.2, -0.15) is 5.26 Å². The third kappa shape index (κ3) is 5.19. The molecule has 0 aliphatic carbocycles. The summed E-state index contributed by atoms with van der Waals surface area (Å²) >= 11 is 1.44. The summed E-state index contributed by atoms with van der Waals surface area (Å²) < 4.78 is 27.5. The highest BCUT2D eigenvalue weighted by atomic mass is 32.2. The lowest BCUT2D eigenvalue weighted by atomic mass is 10.1. The van der Waals surface area contributed by atoms with Crippen LogP contribution >= 0.6 is 11.3 Å². The smallest absolute Gasteiger partial charge is 0.251 e. The van der Waals surface area contributed by atoms with Crippen LogP contribution in [0.15, 0.2) is 53.4 Å². The molecule has 168 valence electrons. The molecule has 0 fully saturated rings. The van der Waals surface area contributed by atoms with Gasteiger partial charge < -0.3 is 10.0 Å². The second kappa shape index (κ2) is 9.84. The van der Waals surface area contributed by atoms with E-state index >= 15 is 0 Å². The first kappa shape index (κ1) is 24.0. The predicted molar refractivity (Wildman–Crippen MR) is 133 cm³/mol. The number of aliphatic hydroxyl groups is 1. The third-order valence-electron chi connectivity index (χ3n) is 5.29. The molecule has 0 aliphatic heterocycles. The van der Waals surface area contributed by atoms with Crippen LogP contribution in [-0.4, -0.2) is 40.3 Å². The highest BCUT2D eigenvalue weighted by molar-refractivity contribution is 7.93. The molecule has 1 atom stereocenters. The number of nitriles is 1. The normalized spacial score (nSPS) is 13.5. The average Bonchev–Trinajstić information content (AvgIpc) is 3.27. The summed E-state index contributed by atoms with van der Waals surface area (Å²) in [6.07, 6.45) is -0.371. The highest BCUT2D eigenvalue weighted by Gasteiger charge is 2.22. The van der Waals surface area contributed by atoms with Gasteiger partial charge in [0.2, 0.25) is 0 Å². The summed E-state index contributed by atoms with van der Waals surface area (Å²) in [7, 11) is 0.0102. The molecule has 0 spiro atoms. The van der Waals surface area contributed by atoms with E-state index in [4.69, 9.17) is 0 Å². The number of aliphatic hydroxyl groups excluding tert-OH is 1. The van der Waals surface area contributed by atoms with Crippen molar-refractivity contribution in [3.8, 4) is 16.5 Å². The zero-order valence-electron chi connectivity index (χ0n) is 18.6. The Labute approximate surface area is 193 Å². The number of hydrogen-bond donors (Lipinski definition) is 2. The summed E-state index contributed by atoms with van der Waals surface area (Å²) in [5, 5.41) is 21.4. The standard InChI is InChI=1S/C24H27N3O3S2/c1-5-21(28)15-26-32(29,30)24(14-25)16(2)22-10-11-23(31-22)19-7-6-18-13-20(27(3)4)9-8-17(18)12-19/h6-13,21,26,28H,5,15H2,1-4H3/b24-16+. The minimum atomic E-state index is -4.01. The SMILES string of the molecule is CCC(O)CNS(=O)(=O)/C(C#N)=C(\C)c1ccc(-c2ccc3cc(N(C)C)ccc3c2)s1. The van der Waals surface area contributed by atoms with Gasteiger partial charge in [-0.25, -0.2) is 13.1 Å². The molecule has 2 N–H and O–H groups in total. The largest absolute Gasteiger partial charge is 0.392 e. The van der Waals surface area contributed by atoms with Crippen LogP contribution in [0.2, 0.25) is 0 Å². The maximum Gasteiger partial charge on any atom is 0.251 e. The lowest BCUT2D eigenvalue weighted by Gasteiger charge is -2.13. The molecule has 3 aromatic rings. The number of nitrogens with zero attached hydrogens (tertiary/aromatic N) is 2. The van der Waals surface area contributed by atoms with E-state index in [1.54, 1.807) is 13.8 Å². The van der Waals surface area contributed by atoms with Crippen molar-refractivity contribution in [2.75, 3.05) is 25.5 Å². The van der Waals surface area contributed by atoms with E-state index in [9.17, 15) is 18.8 Å². The zero-order valence-corrected chi connectivity index (χ0v) is 20.2. The second-order valence-corrected chi connectivity index (χ2v) is 10.6. The van der Waals surface area contributed by atoms with Crippen LogP contribution in [0.1, 0.15) is 25.1 Å². The van der Waals surface area contributed by atoms with Crippen LogP contribution in [0.25, 0.3) is 26.8 Å². The van der Waals surface area contributed by atoms with Crippen molar-refractivity contribution in [1.82, 2.24) is 4.72 Å². The van der Waals surface area contributed by atoms with E-state index in [0.717, 1.165) is 26.9 Å². The van der Waals surface area contributed by atoms with E-state index in [2.05, 4.69) is 40.0 Å². The number of rotatable bonds is 8. The Morgan fingerprint density at radius 1 is 1.16 bits per heavy atom. The molecule has 0 bridgehead atoms. The van der Waals surface area contributed by atoms with Crippen LogP contribution in [0, 0.1) is 11.3 Å². The Morgan fingerprint density at radius 3 is 2.50 bits per heavy atom. The van der Waals surface area contributed by atoms with Crippen molar-refractivity contribution >= 4 is 43.4 Å². The Bertz CT molecular complexity index is 1300. The fourth-order valence-corrected chi connectivity index (χ4v) is 5.50.